The van der Waals surface area contributed by atoms with Gasteiger partial charge in [0.2, 0.25) is 0 Å². The molecule has 0 bridgehead atoms. The number of ether oxygens (including phenoxy) is 1. The molecule has 142 valence electrons. The average Bonchev–Trinajstić information content (AvgIpc) is 3.06. The zero-order chi connectivity index (χ0) is 19.8. The zero-order valence-corrected chi connectivity index (χ0v) is 16.4. The number of rotatable bonds is 7. The molecule has 0 aliphatic carbocycles. The number of hydrogen-bond donors (Lipinski definition) is 2. The molecule has 0 aliphatic heterocycles. The Morgan fingerprint density at radius 3 is 2.79 bits per heavy atom. The molecular formula is C21H21N5OS. The molecule has 2 aromatic carbocycles. The Morgan fingerprint density at radius 2 is 2.04 bits per heavy atom. The smallest absolute Gasteiger partial charge is 0.191 e. The fourth-order valence-corrected chi connectivity index (χ4v) is 3.02. The number of benzene rings is 2. The zero-order valence-electron chi connectivity index (χ0n) is 15.6. The number of aryl methyl sites for hydroxylation is 1. The van der Waals surface area contributed by atoms with Crippen LogP contribution in [-0.2, 0) is 6.54 Å². The molecule has 0 unspecified atom stereocenters. The lowest BCUT2D eigenvalue weighted by Gasteiger charge is -2.08. The lowest BCUT2D eigenvalue weighted by atomic mass is 10.2. The molecule has 28 heavy (non-hydrogen) atoms. The van der Waals surface area contributed by atoms with Crippen LogP contribution in [0.1, 0.15) is 18.9 Å². The number of anilines is 1. The highest BCUT2D eigenvalue weighted by atomic mass is 32.1. The van der Waals surface area contributed by atoms with Gasteiger partial charge in [-0.15, -0.1) is 0 Å². The van der Waals surface area contributed by atoms with E-state index in [9.17, 15) is 0 Å². The Hall–Kier alpha value is -3.37. The van der Waals surface area contributed by atoms with Crippen LogP contribution >= 0.6 is 12.2 Å². The Balaban J connectivity index is 1.64. The van der Waals surface area contributed by atoms with Crippen molar-refractivity contribution >= 4 is 40.1 Å². The maximum atomic E-state index is 8.84. The number of fused-ring (bicyclic) bond motifs is 1. The van der Waals surface area contributed by atoms with Crippen molar-refractivity contribution in [1.29, 1.82) is 5.26 Å². The van der Waals surface area contributed by atoms with Crippen molar-refractivity contribution < 1.29 is 4.74 Å². The minimum absolute atomic E-state index is 0.397. The number of aromatic nitrogens is 1. The van der Waals surface area contributed by atoms with Gasteiger partial charge in [-0.2, -0.15) is 10.4 Å². The van der Waals surface area contributed by atoms with Crippen molar-refractivity contribution in [3.63, 3.8) is 0 Å². The number of thiocarbonyl (C=S) groups is 1. The van der Waals surface area contributed by atoms with Gasteiger partial charge < -0.3 is 14.6 Å². The van der Waals surface area contributed by atoms with E-state index in [4.69, 9.17) is 22.2 Å². The first-order valence-electron chi connectivity index (χ1n) is 8.99. The van der Waals surface area contributed by atoms with E-state index in [0.717, 1.165) is 27.9 Å². The summed E-state index contributed by atoms with van der Waals surface area (Å²) in [4.78, 5) is 0. The fourth-order valence-electron chi connectivity index (χ4n) is 2.85. The molecule has 0 saturated carbocycles. The SMILES string of the molecule is CCOc1ccc(NC(=S)N/N=C\c2cn(CCC#N)c3ccccc23)cc1. The van der Waals surface area contributed by atoms with Crippen LogP contribution in [0.5, 0.6) is 5.75 Å². The normalized spacial score (nSPS) is 10.7. The highest BCUT2D eigenvalue weighted by Crippen LogP contribution is 2.20. The van der Waals surface area contributed by atoms with Crippen LogP contribution in [0.4, 0.5) is 5.69 Å². The van der Waals surface area contributed by atoms with Crippen LogP contribution in [-0.4, -0.2) is 22.5 Å². The lowest BCUT2D eigenvalue weighted by molar-refractivity contribution is 0.340. The lowest BCUT2D eigenvalue weighted by Crippen LogP contribution is -2.23. The van der Waals surface area contributed by atoms with E-state index in [1.165, 1.54) is 0 Å². The van der Waals surface area contributed by atoms with Crippen molar-refractivity contribution in [3.8, 4) is 11.8 Å². The quantitative estimate of drug-likeness (QED) is 0.357. The molecule has 3 rings (SSSR count). The topological polar surface area (TPSA) is 74.4 Å². The van der Waals surface area contributed by atoms with Crippen molar-refractivity contribution in [2.24, 2.45) is 5.10 Å². The van der Waals surface area contributed by atoms with E-state index in [0.29, 0.717) is 24.7 Å². The molecule has 2 N–H and O–H groups in total. The van der Waals surface area contributed by atoms with Gasteiger partial charge >= 0.3 is 0 Å². The summed E-state index contributed by atoms with van der Waals surface area (Å²) in [6.07, 6.45) is 4.19. The first kappa shape index (κ1) is 19.4. The fraction of sp³-hybridized carbons (Fsp3) is 0.190. The molecule has 0 aliphatic rings. The summed E-state index contributed by atoms with van der Waals surface area (Å²) >= 11 is 5.29. The summed E-state index contributed by atoms with van der Waals surface area (Å²) in [5, 5.41) is 17.6. The highest BCUT2D eigenvalue weighted by Gasteiger charge is 2.06. The van der Waals surface area contributed by atoms with Crippen LogP contribution in [0.2, 0.25) is 0 Å². The third-order valence-corrected chi connectivity index (χ3v) is 4.27. The second-order valence-corrected chi connectivity index (χ2v) is 6.39. The molecular weight excluding hydrogens is 370 g/mol. The first-order chi connectivity index (χ1) is 13.7. The summed E-state index contributed by atoms with van der Waals surface area (Å²) < 4.78 is 7.49. The van der Waals surface area contributed by atoms with Gasteiger partial charge in [-0.05, 0) is 49.5 Å². The maximum absolute atomic E-state index is 8.84. The molecule has 6 nitrogen and oxygen atoms in total. The molecule has 1 heterocycles. The van der Waals surface area contributed by atoms with Crippen LogP contribution in [0.3, 0.4) is 0 Å². The largest absolute Gasteiger partial charge is 0.494 e. The Morgan fingerprint density at radius 1 is 1.25 bits per heavy atom. The first-order valence-corrected chi connectivity index (χ1v) is 9.40. The van der Waals surface area contributed by atoms with Crippen LogP contribution < -0.4 is 15.5 Å². The number of hydrogen-bond acceptors (Lipinski definition) is 4. The molecule has 0 amide bonds. The van der Waals surface area contributed by atoms with Gasteiger partial charge in [0.25, 0.3) is 0 Å². The second-order valence-electron chi connectivity index (χ2n) is 5.98. The van der Waals surface area contributed by atoms with Crippen molar-refractivity contribution in [1.82, 2.24) is 9.99 Å². The Bertz CT molecular complexity index is 1020. The standard InChI is InChI=1S/C21H21N5OS/c1-2-27-18-10-8-17(9-11-18)24-21(28)25-23-14-16-15-26(13-5-12-22)20-7-4-3-6-19(16)20/h3-4,6-11,14-15H,2,5,13H2,1H3,(H2,24,25,28)/b23-14-. The number of hydrazone groups is 1. The van der Waals surface area contributed by atoms with E-state index in [1.807, 2.05) is 61.7 Å². The van der Waals surface area contributed by atoms with E-state index < -0.39 is 0 Å². The average molecular weight is 392 g/mol. The second kappa shape index (κ2) is 9.53. The molecule has 1 aromatic heterocycles. The molecule has 0 spiro atoms. The molecule has 0 fully saturated rings. The van der Waals surface area contributed by atoms with Crippen molar-refractivity contribution in [2.75, 3.05) is 11.9 Å². The van der Waals surface area contributed by atoms with Gasteiger partial charge in [-0.3, -0.25) is 5.43 Å². The maximum Gasteiger partial charge on any atom is 0.191 e. The summed E-state index contributed by atoms with van der Waals surface area (Å²) in [6, 6.07) is 17.8. The third kappa shape index (κ3) is 4.87. The van der Waals surface area contributed by atoms with Gasteiger partial charge in [0, 0.05) is 34.9 Å². The van der Waals surface area contributed by atoms with Crippen molar-refractivity contribution in [2.45, 2.75) is 19.9 Å². The van der Waals surface area contributed by atoms with Gasteiger partial charge in [0.15, 0.2) is 5.11 Å². The molecule has 7 heteroatoms. The summed E-state index contributed by atoms with van der Waals surface area (Å²) in [5.41, 5.74) is 5.73. The summed E-state index contributed by atoms with van der Waals surface area (Å²) in [6.45, 7) is 3.23. The molecule has 0 atom stereocenters. The molecule has 3 aromatic rings. The van der Waals surface area contributed by atoms with Gasteiger partial charge in [-0.1, -0.05) is 18.2 Å². The van der Waals surface area contributed by atoms with E-state index in [2.05, 4.69) is 26.5 Å². The minimum Gasteiger partial charge on any atom is -0.494 e. The third-order valence-electron chi connectivity index (χ3n) is 4.08. The monoisotopic (exact) mass is 391 g/mol. The summed E-state index contributed by atoms with van der Waals surface area (Å²) in [5.74, 6) is 0.817. The highest BCUT2D eigenvalue weighted by molar-refractivity contribution is 7.80. The van der Waals surface area contributed by atoms with Crippen LogP contribution in [0.25, 0.3) is 10.9 Å². The molecule has 0 radical (unpaired) electrons. The predicted octanol–water partition coefficient (Wildman–Crippen LogP) is 4.27. The van der Waals surface area contributed by atoms with E-state index in [1.54, 1.807) is 6.21 Å². The van der Waals surface area contributed by atoms with E-state index in [-0.39, 0.29) is 0 Å². The summed E-state index contributed by atoms with van der Waals surface area (Å²) in [7, 11) is 0. The van der Waals surface area contributed by atoms with Crippen LogP contribution in [0, 0.1) is 11.3 Å². The van der Waals surface area contributed by atoms with E-state index >= 15 is 0 Å². The molecule has 0 saturated heterocycles. The van der Waals surface area contributed by atoms with Gasteiger partial charge in [-0.25, -0.2) is 0 Å². The Kier molecular flexibility index (Phi) is 6.60. The van der Waals surface area contributed by atoms with Crippen LogP contribution in [0.15, 0.2) is 59.8 Å². The minimum atomic E-state index is 0.397. The Labute approximate surface area is 169 Å². The number of nitrogens with one attached hydrogen (secondary N) is 2. The number of nitrogens with zero attached hydrogens (tertiary/aromatic N) is 3. The number of nitriles is 1. The van der Waals surface area contributed by atoms with Gasteiger partial charge in [0.1, 0.15) is 5.75 Å². The van der Waals surface area contributed by atoms with Crippen molar-refractivity contribution in [3.05, 3.63) is 60.3 Å². The number of para-hydroxylation sites is 1. The predicted molar refractivity (Wildman–Crippen MR) is 117 cm³/mol. The van der Waals surface area contributed by atoms with Gasteiger partial charge in [0.05, 0.1) is 25.3 Å².